The van der Waals surface area contributed by atoms with Crippen molar-refractivity contribution in [3.05, 3.63) is 80.9 Å². The van der Waals surface area contributed by atoms with Gasteiger partial charge < -0.3 is 19.7 Å². The Balaban J connectivity index is 1.52. The number of aryl methyl sites for hydroxylation is 1. The third kappa shape index (κ3) is 5.20. The lowest BCUT2D eigenvalue weighted by Gasteiger charge is -2.33. The SMILES string of the molecule is CCOC(=O)C1=C(C)N=C2SC=CN2[C@@H]1c1cccc(OCC(=O)Nc2ccc(Br)c(C)c2)c1. The maximum Gasteiger partial charge on any atom is 0.338 e. The summed E-state index contributed by atoms with van der Waals surface area (Å²) in [6.45, 7) is 5.69. The monoisotopic (exact) mass is 541 g/mol. The van der Waals surface area contributed by atoms with E-state index in [1.54, 1.807) is 13.0 Å². The highest BCUT2D eigenvalue weighted by Gasteiger charge is 2.37. The van der Waals surface area contributed by atoms with Crippen LogP contribution in [0, 0.1) is 6.92 Å². The second-order valence-corrected chi connectivity index (χ2v) is 9.43. The number of nitrogens with one attached hydrogen (secondary N) is 1. The molecular formula is C25H24BrN3O4S. The molecule has 2 aliphatic rings. The van der Waals surface area contributed by atoms with Crippen LogP contribution in [0.2, 0.25) is 0 Å². The number of aliphatic imine (C=N–C) groups is 1. The van der Waals surface area contributed by atoms with Crippen molar-refractivity contribution < 1.29 is 19.1 Å². The Labute approximate surface area is 211 Å². The van der Waals surface area contributed by atoms with E-state index < -0.39 is 12.0 Å². The van der Waals surface area contributed by atoms with Crippen LogP contribution in [0.3, 0.4) is 0 Å². The molecule has 9 heteroatoms. The van der Waals surface area contributed by atoms with Gasteiger partial charge in [0.1, 0.15) is 5.75 Å². The molecule has 0 saturated heterocycles. The third-order valence-corrected chi connectivity index (χ3v) is 6.96. The molecule has 2 heterocycles. The van der Waals surface area contributed by atoms with Gasteiger partial charge in [0.2, 0.25) is 0 Å². The number of ether oxygens (including phenoxy) is 2. The highest BCUT2D eigenvalue weighted by atomic mass is 79.9. The zero-order valence-corrected chi connectivity index (χ0v) is 21.4. The molecule has 2 aliphatic heterocycles. The van der Waals surface area contributed by atoms with Gasteiger partial charge in [-0.3, -0.25) is 4.79 Å². The number of benzene rings is 2. The number of carbonyl (C=O) groups excluding carboxylic acids is 2. The third-order valence-electron chi connectivity index (χ3n) is 5.30. The number of nitrogens with zero attached hydrogens (tertiary/aromatic N) is 2. The van der Waals surface area contributed by atoms with E-state index in [1.807, 2.05) is 66.8 Å². The second-order valence-electron chi connectivity index (χ2n) is 7.70. The smallest absolute Gasteiger partial charge is 0.338 e. The summed E-state index contributed by atoms with van der Waals surface area (Å²) < 4.78 is 12.1. The lowest BCUT2D eigenvalue weighted by atomic mass is 9.94. The zero-order chi connectivity index (χ0) is 24.2. The number of amidine groups is 1. The Bertz CT molecular complexity index is 1220. The molecule has 0 saturated carbocycles. The van der Waals surface area contributed by atoms with Crippen LogP contribution in [0.25, 0.3) is 0 Å². The Morgan fingerprint density at radius 2 is 2.03 bits per heavy atom. The van der Waals surface area contributed by atoms with E-state index in [1.165, 1.54) is 11.8 Å². The van der Waals surface area contributed by atoms with Crippen LogP contribution in [0.5, 0.6) is 5.75 Å². The van der Waals surface area contributed by atoms with E-state index in [4.69, 9.17) is 9.47 Å². The van der Waals surface area contributed by atoms with Gasteiger partial charge in [0.15, 0.2) is 11.8 Å². The van der Waals surface area contributed by atoms with Gasteiger partial charge >= 0.3 is 5.97 Å². The van der Waals surface area contributed by atoms with E-state index in [0.717, 1.165) is 20.8 Å². The summed E-state index contributed by atoms with van der Waals surface area (Å²) in [5, 5.41) is 5.57. The largest absolute Gasteiger partial charge is 0.484 e. The molecule has 2 aromatic rings. The van der Waals surface area contributed by atoms with Crippen molar-refractivity contribution in [3.63, 3.8) is 0 Å². The number of carbonyl (C=O) groups is 2. The Kier molecular flexibility index (Phi) is 7.43. The van der Waals surface area contributed by atoms with Crippen molar-refractivity contribution in [2.75, 3.05) is 18.5 Å². The van der Waals surface area contributed by atoms with Crippen LogP contribution >= 0.6 is 27.7 Å². The first-order valence-corrected chi connectivity index (χ1v) is 12.4. The average molecular weight is 542 g/mol. The number of thioether (sulfide) groups is 1. The standard InChI is InChI=1S/C25H24BrN3O4S/c1-4-32-24(31)22-16(3)27-25-29(10-11-34-25)23(22)17-6-5-7-19(13-17)33-14-21(30)28-18-8-9-20(26)15(2)12-18/h5-13,23H,4,14H2,1-3H3,(H,28,30)/t23-/m1/s1. The van der Waals surface area contributed by atoms with Gasteiger partial charge in [-0.05, 0) is 67.6 Å². The average Bonchev–Trinajstić information content (AvgIpc) is 3.27. The molecule has 7 nitrogen and oxygen atoms in total. The summed E-state index contributed by atoms with van der Waals surface area (Å²) in [6.07, 6.45) is 1.90. The van der Waals surface area contributed by atoms with Crippen LogP contribution in [0.1, 0.15) is 31.0 Å². The molecule has 4 rings (SSSR count). The molecule has 0 aromatic heterocycles. The molecule has 1 atom stereocenters. The molecule has 2 aromatic carbocycles. The minimum absolute atomic E-state index is 0.144. The molecule has 0 unspecified atom stereocenters. The molecule has 34 heavy (non-hydrogen) atoms. The maximum atomic E-state index is 12.8. The van der Waals surface area contributed by atoms with Gasteiger partial charge in [-0.15, -0.1) is 0 Å². The quantitative estimate of drug-likeness (QED) is 0.463. The number of hydrogen-bond acceptors (Lipinski definition) is 7. The summed E-state index contributed by atoms with van der Waals surface area (Å²) in [4.78, 5) is 31.8. The van der Waals surface area contributed by atoms with E-state index >= 15 is 0 Å². The minimum atomic E-state index is -0.402. The molecule has 0 radical (unpaired) electrons. The number of hydrogen-bond donors (Lipinski definition) is 1. The predicted octanol–water partition coefficient (Wildman–Crippen LogP) is 5.54. The van der Waals surface area contributed by atoms with Crippen LogP contribution in [-0.2, 0) is 14.3 Å². The van der Waals surface area contributed by atoms with Crippen LogP contribution in [0.15, 0.2) is 74.8 Å². The Hall–Kier alpha value is -3.04. The van der Waals surface area contributed by atoms with Gasteiger partial charge in [0.05, 0.1) is 23.9 Å². The van der Waals surface area contributed by atoms with Crippen molar-refractivity contribution in [3.8, 4) is 5.75 Å². The molecule has 0 spiro atoms. The van der Waals surface area contributed by atoms with Crippen LogP contribution in [-0.4, -0.2) is 35.2 Å². The molecule has 176 valence electrons. The topological polar surface area (TPSA) is 80.2 Å². The van der Waals surface area contributed by atoms with Crippen molar-refractivity contribution in [1.82, 2.24) is 4.90 Å². The summed E-state index contributed by atoms with van der Waals surface area (Å²) in [6, 6.07) is 12.6. The van der Waals surface area contributed by atoms with E-state index in [2.05, 4.69) is 26.2 Å². The fraction of sp³-hybridized carbons (Fsp3) is 0.240. The normalized spacial score (nSPS) is 16.8. The first-order chi connectivity index (χ1) is 16.4. The highest BCUT2D eigenvalue weighted by molar-refractivity contribution is 9.10. The number of fused-ring (bicyclic) bond motifs is 1. The number of anilines is 1. The van der Waals surface area contributed by atoms with Gasteiger partial charge in [0.25, 0.3) is 5.91 Å². The van der Waals surface area contributed by atoms with E-state index in [0.29, 0.717) is 22.7 Å². The lowest BCUT2D eigenvalue weighted by Crippen LogP contribution is -2.34. The van der Waals surface area contributed by atoms with Crippen molar-refractivity contribution >= 4 is 50.4 Å². The molecule has 1 amide bonds. The lowest BCUT2D eigenvalue weighted by molar-refractivity contribution is -0.139. The predicted molar refractivity (Wildman–Crippen MR) is 138 cm³/mol. The number of amides is 1. The molecule has 1 N–H and O–H groups in total. The molecular weight excluding hydrogens is 518 g/mol. The Morgan fingerprint density at radius 1 is 1.21 bits per heavy atom. The highest BCUT2D eigenvalue weighted by Crippen LogP contribution is 2.41. The van der Waals surface area contributed by atoms with Crippen LogP contribution < -0.4 is 10.1 Å². The number of allylic oxidation sites excluding steroid dienone is 1. The molecule has 0 aliphatic carbocycles. The Morgan fingerprint density at radius 3 is 2.79 bits per heavy atom. The molecule has 0 fully saturated rings. The zero-order valence-electron chi connectivity index (χ0n) is 19.0. The van der Waals surface area contributed by atoms with Gasteiger partial charge in [0, 0.05) is 16.4 Å². The maximum absolute atomic E-state index is 12.8. The van der Waals surface area contributed by atoms with Crippen molar-refractivity contribution in [1.29, 1.82) is 0 Å². The fourth-order valence-electron chi connectivity index (χ4n) is 3.74. The van der Waals surface area contributed by atoms with E-state index in [-0.39, 0.29) is 19.1 Å². The van der Waals surface area contributed by atoms with Crippen molar-refractivity contribution in [2.45, 2.75) is 26.8 Å². The van der Waals surface area contributed by atoms with Gasteiger partial charge in [-0.2, -0.15) is 0 Å². The van der Waals surface area contributed by atoms with Gasteiger partial charge in [-0.25, -0.2) is 9.79 Å². The molecule has 0 bridgehead atoms. The first kappa shape index (κ1) is 24.1. The summed E-state index contributed by atoms with van der Waals surface area (Å²) in [5.74, 6) is -0.130. The summed E-state index contributed by atoms with van der Waals surface area (Å²) >= 11 is 4.95. The number of rotatable bonds is 7. The fourth-order valence-corrected chi connectivity index (χ4v) is 4.78. The van der Waals surface area contributed by atoms with Gasteiger partial charge in [-0.1, -0.05) is 39.8 Å². The summed E-state index contributed by atoms with van der Waals surface area (Å²) in [7, 11) is 0. The van der Waals surface area contributed by atoms with Crippen molar-refractivity contribution in [2.24, 2.45) is 4.99 Å². The van der Waals surface area contributed by atoms with Crippen LogP contribution in [0.4, 0.5) is 5.69 Å². The van der Waals surface area contributed by atoms with E-state index in [9.17, 15) is 9.59 Å². The second kappa shape index (κ2) is 10.5. The first-order valence-electron chi connectivity index (χ1n) is 10.7. The minimum Gasteiger partial charge on any atom is -0.484 e. The number of halogens is 1. The number of esters is 1. The summed E-state index contributed by atoms with van der Waals surface area (Å²) in [5.41, 5.74) is 3.68.